The van der Waals surface area contributed by atoms with Crippen molar-refractivity contribution >= 4 is 29.9 Å². The molecule has 2 rings (SSSR count). The SMILES string of the molecule is CC(C)[C@H](N)C(=O)NCC(=O)Nc1ccc2c(c1)OCO2.Cl. The van der Waals surface area contributed by atoms with E-state index in [2.05, 4.69) is 10.6 Å². The van der Waals surface area contributed by atoms with E-state index in [0.717, 1.165) is 0 Å². The number of rotatable bonds is 5. The van der Waals surface area contributed by atoms with E-state index in [-0.39, 0.29) is 43.5 Å². The number of fused-ring (bicyclic) bond motifs is 1. The van der Waals surface area contributed by atoms with E-state index in [0.29, 0.717) is 17.2 Å². The summed E-state index contributed by atoms with van der Waals surface area (Å²) < 4.78 is 10.4. The Balaban J connectivity index is 0.00000242. The highest BCUT2D eigenvalue weighted by molar-refractivity contribution is 5.95. The number of carbonyl (C=O) groups excluding carboxylic acids is 2. The van der Waals surface area contributed by atoms with Gasteiger partial charge in [0.2, 0.25) is 18.6 Å². The van der Waals surface area contributed by atoms with Crippen LogP contribution < -0.4 is 25.8 Å². The van der Waals surface area contributed by atoms with Crippen molar-refractivity contribution in [1.29, 1.82) is 0 Å². The normalized spacial score (nSPS) is 13.3. The Morgan fingerprint density at radius 2 is 1.95 bits per heavy atom. The molecule has 0 unspecified atom stereocenters. The standard InChI is InChI=1S/C14H19N3O4.ClH/c1-8(2)13(15)14(19)16-6-12(18)17-9-3-4-10-11(5-9)21-7-20-10;/h3-5,8,13H,6-7,15H2,1-2H3,(H,16,19)(H,17,18);1H/t13-;/m0./s1. The van der Waals surface area contributed by atoms with Gasteiger partial charge in [-0.05, 0) is 18.1 Å². The van der Waals surface area contributed by atoms with Gasteiger partial charge in [-0.15, -0.1) is 12.4 Å². The lowest BCUT2D eigenvalue weighted by molar-refractivity contribution is -0.125. The van der Waals surface area contributed by atoms with Crippen LogP contribution in [0.2, 0.25) is 0 Å². The zero-order valence-corrected chi connectivity index (χ0v) is 13.2. The molecule has 1 aromatic carbocycles. The van der Waals surface area contributed by atoms with Crippen molar-refractivity contribution in [1.82, 2.24) is 5.32 Å². The van der Waals surface area contributed by atoms with Gasteiger partial charge in [-0.1, -0.05) is 13.8 Å². The summed E-state index contributed by atoms with van der Waals surface area (Å²) in [6.45, 7) is 3.73. The summed E-state index contributed by atoms with van der Waals surface area (Å²) in [7, 11) is 0. The van der Waals surface area contributed by atoms with Crippen LogP contribution in [0.15, 0.2) is 18.2 Å². The molecule has 0 radical (unpaired) electrons. The zero-order chi connectivity index (χ0) is 15.4. The van der Waals surface area contributed by atoms with Gasteiger partial charge in [-0.25, -0.2) is 0 Å². The minimum atomic E-state index is -0.622. The van der Waals surface area contributed by atoms with Crippen molar-refractivity contribution in [3.05, 3.63) is 18.2 Å². The maximum atomic E-state index is 11.8. The lowest BCUT2D eigenvalue weighted by atomic mass is 10.1. The Kier molecular flexibility index (Phi) is 6.45. The molecule has 8 heteroatoms. The van der Waals surface area contributed by atoms with Crippen molar-refractivity contribution in [3.63, 3.8) is 0 Å². The molecule has 0 saturated heterocycles. The zero-order valence-electron chi connectivity index (χ0n) is 12.4. The van der Waals surface area contributed by atoms with E-state index in [4.69, 9.17) is 15.2 Å². The van der Waals surface area contributed by atoms with Crippen LogP contribution >= 0.6 is 12.4 Å². The van der Waals surface area contributed by atoms with Gasteiger partial charge in [0.15, 0.2) is 11.5 Å². The van der Waals surface area contributed by atoms with Gasteiger partial charge in [-0.3, -0.25) is 9.59 Å². The van der Waals surface area contributed by atoms with Crippen LogP contribution in [0.3, 0.4) is 0 Å². The summed E-state index contributed by atoms with van der Waals surface area (Å²) in [5, 5.41) is 5.17. The van der Waals surface area contributed by atoms with Crippen LogP contribution in [-0.4, -0.2) is 31.2 Å². The molecule has 0 bridgehead atoms. The van der Waals surface area contributed by atoms with Gasteiger partial charge in [0, 0.05) is 11.8 Å². The third-order valence-corrected chi connectivity index (χ3v) is 3.10. The molecule has 1 aliphatic rings. The van der Waals surface area contributed by atoms with E-state index < -0.39 is 6.04 Å². The largest absolute Gasteiger partial charge is 0.454 e. The van der Waals surface area contributed by atoms with E-state index >= 15 is 0 Å². The summed E-state index contributed by atoms with van der Waals surface area (Å²) in [4.78, 5) is 23.4. The van der Waals surface area contributed by atoms with Crippen molar-refractivity contribution in [2.24, 2.45) is 11.7 Å². The number of hydrogen-bond acceptors (Lipinski definition) is 5. The monoisotopic (exact) mass is 329 g/mol. The smallest absolute Gasteiger partial charge is 0.243 e. The summed E-state index contributed by atoms with van der Waals surface area (Å²) in [6, 6.07) is 4.46. The molecule has 122 valence electrons. The first kappa shape index (κ1) is 18.1. The summed E-state index contributed by atoms with van der Waals surface area (Å²) in [5.41, 5.74) is 6.26. The fourth-order valence-electron chi connectivity index (χ4n) is 1.77. The quantitative estimate of drug-likeness (QED) is 0.744. The predicted octanol–water partition coefficient (Wildman–Crippen LogP) is 0.875. The third kappa shape index (κ3) is 4.51. The lowest BCUT2D eigenvalue weighted by Gasteiger charge is -2.15. The molecule has 1 aliphatic heterocycles. The second kappa shape index (κ2) is 7.86. The van der Waals surface area contributed by atoms with Crippen LogP contribution in [0.25, 0.3) is 0 Å². The Hall–Kier alpha value is -1.99. The molecule has 2 amide bonds. The first-order valence-corrected chi connectivity index (χ1v) is 6.70. The van der Waals surface area contributed by atoms with Crippen molar-refractivity contribution in [3.8, 4) is 11.5 Å². The second-order valence-electron chi connectivity index (χ2n) is 5.10. The number of halogens is 1. The molecule has 22 heavy (non-hydrogen) atoms. The number of hydrogen-bond donors (Lipinski definition) is 3. The maximum absolute atomic E-state index is 11.8. The average molecular weight is 330 g/mol. The molecular weight excluding hydrogens is 310 g/mol. The summed E-state index contributed by atoms with van der Waals surface area (Å²) in [6.07, 6.45) is 0. The van der Waals surface area contributed by atoms with Crippen LogP contribution in [0.1, 0.15) is 13.8 Å². The highest BCUT2D eigenvalue weighted by Crippen LogP contribution is 2.34. The molecule has 0 spiro atoms. The first-order valence-electron chi connectivity index (χ1n) is 6.70. The number of benzene rings is 1. The fraction of sp³-hybridized carbons (Fsp3) is 0.429. The highest BCUT2D eigenvalue weighted by Gasteiger charge is 2.18. The Morgan fingerprint density at radius 3 is 2.64 bits per heavy atom. The van der Waals surface area contributed by atoms with Crippen molar-refractivity contribution < 1.29 is 19.1 Å². The number of anilines is 1. The van der Waals surface area contributed by atoms with E-state index in [9.17, 15) is 9.59 Å². The van der Waals surface area contributed by atoms with E-state index in [1.165, 1.54) is 0 Å². The number of carbonyl (C=O) groups is 2. The fourth-order valence-corrected chi connectivity index (χ4v) is 1.77. The first-order chi connectivity index (χ1) is 9.97. The number of nitrogens with one attached hydrogen (secondary N) is 2. The molecular formula is C14H20ClN3O4. The van der Waals surface area contributed by atoms with Crippen LogP contribution in [-0.2, 0) is 9.59 Å². The third-order valence-electron chi connectivity index (χ3n) is 3.10. The van der Waals surface area contributed by atoms with Gasteiger partial charge in [0.1, 0.15) is 0 Å². The molecule has 1 aromatic rings. The van der Waals surface area contributed by atoms with Gasteiger partial charge in [0.05, 0.1) is 12.6 Å². The molecule has 1 atom stereocenters. The Bertz CT molecular complexity index is 551. The molecule has 0 saturated carbocycles. The van der Waals surface area contributed by atoms with Gasteiger partial charge >= 0.3 is 0 Å². The van der Waals surface area contributed by atoms with Gasteiger partial charge in [-0.2, -0.15) is 0 Å². The summed E-state index contributed by atoms with van der Waals surface area (Å²) in [5.74, 6) is 0.564. The molecule has 0 fully saturated rings. The molecule has 7 nitrogen and oxygen atoms in total. The molecule has 0 aromatic heterocycles. The topological polar surface area (TPSA) is 103 Å². The average Bonchev–Trinajstić information content (AvgIpc) is 2.91. The van der Waals surface area contributed by atoms with Gasteiger partial charge < -0.3 is 25.8 Å². The van der Waals surface area contributed by atoms with Crippen LogP contribution in [0.5, 0.6) is 11.5 Å². The predicted molar refractivity (Wildman–Crippen MR) is 84.3 cm³/mol. The van der Waals surface area contributed by atoms with E-state index in [1.54, 1.807) is 18.2 Å². The number of nitrogens with two attached hydrogens (primary N) is 1. The van der Waals surface area contributed by atoms with Crippen LogP contribution in [0.4, 0.5) is 5.69 Å². The molecule has 0 aliphatic carbocycles. The maximum Gasteiger partial charge on any atom is 0.243 e. The van der Waals surface area contributed by atoms with Crippen molar-refractivity contribution in [2.75, 3.05) is 18.7 Å². The highest BCUT2D eigenvalue weighted by atomic mass is 35.5. The van der Waals surface area contributed by atoms with Crippen LogP contribution in [0, 0.1) is 5.92 Å². The second-order valence-corrected chi connectivity index (χ2v) is 5.10. The number of ether oxygens (including phenoxy) is 2. The minimum Gasteiger partial charge on any atom is -0.454 e. The number of amides is 2. The van der Waals surface area contributed by atoms with Gasteiger partial charge in [0.25, 0.3) is 0 Å². The molecule has 1 heterocycles. The Labute approximate surface area is 134 Å². The van der Waals surface area contributed by atoms with Crippen molar-refractivity contribution in [2.45, 2.75) is 19.9 Å². The Morgan fingerprint density at radius 1 is 1.27 bits per heavy atom. The summed E-state index contributed by atoms with van der Waals surface area (Å²) >= 11 is 0. The molecule has 4 N–H and O–H groups in total. The van der Waals surface area contributed by atoms with E-state index in [1.807, 2.05) is 13.8 Å². The minimum absolute atomic E-state index is 0. The lowest BCUT2D eigenvalue weighted by Crippen LogP contribution is -2.46.